The average molecular weight is 279 g/mol. The highest BCUT2D eigenvalue weighted by atomic mass is 35.5. The zero-order valence-corrected chi connectivity index (χ0v) is 11.0. The van der Waals surface area contributed by atoms with E-state index in [-0.39, 0.29) is 10.6 Å². The molecule has 2 rings (SSSR count). The molecule has 0 fully saturated rings. The molecule has 0 saturated carbocycles. The second-order valence-corrected chi connectivity index (χ2v) is 4.56. The minimum atomic E-state index is -0.481. The Kier molecular flexibility index (Phi) is 3.71. The van der Waals surface area contributed by atoms with E-state index in [0.29, 0.717) is 11.4 Å². The molecule has 5 heteroatoms. The molecule has 0 aromatic heterocycles. The Morgan fingerprint density at radius 3 is 2.63 bits per heavy atom. The zero-order chi connectivity index (χ0) is 14.0. The molecule has 19 heavy (non-hydrogen) atoms. The maximum Gasteiger partial charge on any atom is 0.257 e. The maximum atomic E-state index is 12.9. The van der Waals surface area contributed by atoms with Crippen LogP contribution in [-0.4, -0.2) is 5.91 Å². The number of benzene rings is 2. The first kappa shape index (κ1) is 13.4. The molecule has 98 valence electrons. The number of carbonyl (C=O) groups is 1. The van der Waals surface area contributed by atoms with Crippen LogP contribution in [0, 0.1) is 12.7 Å². The van der Waals surface area contributed by atoms with Gasteiger partial charge in [-0.25, -0.2) is 4.39 Å². The van der Waals surface area contributed by atoms with Crippen LogP contribution in [-0.2, 0) is 0 Å². The number of hydrogen-bond donors (Lipinski definition) is 2. The summed E-state index contributed by atoms with van der Waals surface area (Å²) in [6.07, 6.45) is 0. The number of aryl methyl sites for hydroxylation is 1. The molecule has 0 aliphatic carbocycles. The van der Waals surface area contributed by atoms with Gasteiger partial charge in [0, 0.05) is 11.4 Å². The van der Waals surface area contributed by atoms with Gasteiger partial charge in [-0.3, -0.25) is 4.79 Å². The summed E-state index contributed by atoms with van der Waals surface area (Å²) in [4.78, 5) is 12.0. The number of hydrogen-bond acceptors (Lipinski definition) is 2. The molecule has 1 amide bonds. The van der Waals surface area contributed by atoms with Gasteiger partial charge in [0.1, 0.15) is 5.82 Å². The number of nitrogen functional groups attached to an aromatic ring is 1. The minimum Gasteiger partial charge on any atom is -0.399 e. The van der Waals surface area contributed by atoms with Crippen LogP contribution < -0.4 is 11.1 Å². The van der Waals surface area contributed by atoms with Gasteiger partial charge in [-0.15, -0.1) is 0 Å². The van der Waals surface area contributed by atoms with Crippen LogP contribution in [0.25, 0.3) is 0 Å². The lowest BCUT2D eigenvalue weighted by Crippen LogP contribution is -2.13. The van der Waals surface area contributed by atoms with Gasteiger partial charge in [-0.2, -0.15) is 0 Å². The van der Waals surface area contributed by atoms with Gasteiger partial charge in [0.15, 0.2) is 0 Å². The molecule has 0 bridgehead atoms. The van der Waals surface area contributed by atoms with Crippen molar-refractivity contribution >= 4 is 28.9 Å². The molecule has 2 aromatic rings. The topological polar surface area (TPSA) is 55.1 Å². The molecule has 2 aromatic carbocycles. The molecule has 0 spiro atoms. The summed E-state index contributed by atoms with van der Waals surface area (Å²) in [7, 11) is 0. The third kappa shape index (κ3) is 3.03. The normalized spacial score (nSPS) is 10.3. The Labute approximate surface area is 115 Å². The first-order valence-electron chi connectivity index (χ1n) is 5.60. The monoisotopic (exact) mass is 278 g/mol. The lowest BCUT2D eigenvalue weighted by atomic mass is 10.1. The molecular formula is C14H12ClFN2O. The first-order valence-corrected chi connectivity index (χ1v) is 5.97. The third-order valence-electron chi connectivity index (χ3n) is 2.67. The number of rotatable bonds is 2. The number of amides is 1. The van der Waals surface area contributed by atoms with Gasteiger partial charge in [-0.05, 0) is 48.9 Å². The fourth-order valence-electron chi connectivity index (χ4n) is 1.69. The van der Waals surface area contributed by atoms with Crippen molar-refractivity contribution in [3.63, 3.8) is 0 Å². The van der Waals surface area contributed by atoms with Crippen LogP contribution in [0.1, 0.15) is 15.9 Å². The summed E-state index contributed by atoms with van der Waals surface area (Å²) in [5.74, 6) is -0.872. The van der Waals surface area contributed by atoms with Crippen molar-refractivity contribution in [1.82, 2.24) is 0 Å². The highest BCUT2D eigenvalue weighted by molar-refractivity contribution is 6.34. The Hall–Kier alpha value is -2.07. The lowest BCUT2D eigenvalue weighted by Gasteiger charge is -2.10. The standard InChI is InChI=1S/C14H12ClFN2O/c1-8-6-10(17)3-5-13(8)18-14(19)11-4-2-9(16)7-12(11)15/h2-7H,17H2,1H3,(H,18,19). The van der Waals surface area contributed by atoms with E-state index in [9.17, 15) is 9.18 Å². The SMILES string of the molecule is Cc1cc(N)ccc1NC(=O)c1ccc(F)cc1Cl. The summed E-state index contributed by atoms with van der Waals surface area (Å²) in [6, 6.07) is 8.79. The number of carbonyl (C=O) groups excluding carboxylic acids is 1. The zero-order valence-electron chi connectivity index (χ0n) is 10.2. The minimum absolute atomic E-state index is 0.0746. The predicted octanol–water partition coefficient (Wildman–Crippen LogP) is 3.62. The van der Waals surface area contributed by atoms with Gasteiger partial charge in [0.05, 0.1) is 10.6 Å². The van der Waals surface area contributed by atoms with Crippen molar-refractivity contribution in [1.29, 1.82) is 0 Å². The van der Waals surface area contributed by atoms with Gasteiger partial charge < -0.3 is 11.1 Å². The molecule has 3 nitrogen and oxygen atoms in total. The first-order chi connectivity index (χ1) is 8.97. The van der Waals surface area contributed by atoms with E-state index in [1.54, 1.807) is 18.2 Å². The van der Waals surface area contributed by atoms with Crippen LogP contribution in [0.3, 0.4) is 0 Å². The van der Waals surface area contributed by atoms with Crippen LogP contribution in [0.2, 0.25) is 5.02 Å². The molecule has 0 atom stereocenters. The highest BCUT2D eigenvalue weighted by Crippen LogP contribution is 2.21. The number of anilines is 2. The van der Waals surface area contributed by atoms with Crippen molar-refractivity contribution in [3.05, 3.63) is 58.4 Å². The van der Waals surface area contributed by atoms with E-state index >= 15 is 0 Å². The van der Waals surface area contributed by atoms with E-state index in [0.717, 1.165) is 11.6 Å². The van der Waals surface area contributed by atoms with E-state index in [2.05, 4.69) is 5.32 Å². The van der Waals surface area contributed by atoms with Crippen molar-refractivity contribution in [3.8, 4) is 0 Å². The Morgan fingerprint density at radius 1 is 1.26 bits per heavy atom. The van der Waals surface area contributed by atoms with Crippen LogP contribution in [0.15, 0.2) is 36.4 Å². The summed E-state index contributed by atoms with van der Waals surface area (Å²) >= 11 is 5.83. The molecule has 0 aliphatic rings. The molecule has 0 unspecified atom stereocenters. The predicted molar refractivity (Wildman–Crippen MR) is 75.0 cm³/mol. The van der Waals surface area contributed by atoms with Crippen molar-refractivity contribution in [2.75, 3.05) is 11.1 Å². The molecule has 0 heterocycles. The van der Waals surface area contributed by atoms with Crippen molar-refractivity contribution < 1.29 is 9.18 Å². The number of nitrogens with two attached hydrogens (primary N) is 1. The summed E-state index contributed by atoms with van der Waals surface area (Å²) in [5.41, 5.74) is 7.95. The Bertz CT molecular complexity index is 643. The van der Waals surface area contributed by atoms with E-state index in [4.69, 9.17) is 17.3 Å². The fraction of sp³-hybridized carbons (Fsp3) is 0.0714. The number of halogens is 2. The van der Waals surface area contributed by atoms with Crippen LogP contribution >= 0.6 is 11.6 Å². The van der Waals surface area contributed by atoms with Crippen molar-refractivity contribution in [2.24, 2.45) is 0 Å². The average Bonchev–Trinajstić information content (AvgIpc) is 2.32. The number of nitrogens with one attached hydrogen (secondary N) is 1. The third-order valence-corrected chi connectivity index (χ3v) is 2.99. The Balaban J connectivity index is 2.25. The fourth-order valence-corrected chi connectivity index (χ4v) is 1.94. The van der Waals surface area contributed by atoms with Gasteiger partial charge >= 0.3 is 0 Å². The molecule has 3 N–H and O–H groups in total. The van der Waals surface area contributed by atoms with Crippen LogP contribution in [0.5, 0.6) is 0 Å². The van der Waals surface area contributed by atoms with Gasteiger partial charge in [-0.1, -0.05) is 11.6 Å². The summed E-state index contributed by atoms with van der Waals surface area (Å²) in [5, 5.41) is 2.79. The summed E-state index contributed by atoms with van der Waals surface area (Å²) in [6.45, 7) is 1.83. The second-order valence-electron chi connectivity index (χ2n) is 4.15. The Morgan fingerprint density at radius 2 is 2.00 bits per heavy atom. The van der Waals surface area contributed by atoms with E-state index in [1.807, 2.05) is 6.92 Å². The van der Waals surface area contributed by atoms with Crippen LogP contribution in [0.4, 0.5) is 15.8 Å². The van der Waals surface area contributed by atoms with Crippen molar-refractivity contribution in [2.45, 2.75) is 6.92 Å². The van der Waals surface area contributed by atoms with E-state index in [1.165, 1.54) is 12.1 Å². The largest absolute Gasteiger partial charge is 0.399 e. The highest BCUT2D eigenvalue weighted by Gasteiger charge is 2.12. The quantitative estimate of drug-likeness (QED) is 0.824. The molecule has 0 radical (unpaired) electrons. The van der Waals surface area contributed by atoms with Gasteiger partial charge in [0.25, 0.3) is 5.91 Å². The maximum absolute atomic E-state index is 12.9. The second kappa shape index (κ2) is 5.28. The lowest BCUT2D eigenvalue weighted by molar-refractivity contribution is 0.102. The van der Waals surface area contributed by atoms with Gasteiger partial charge in [0.2, 0.25) is 0 Å². The smallest absolute Gasteiger partial charge is 0.257 e. The molecule has 0 aliphatic heterocycles. The summed E-state index contributed by atoms with van der Waals surface area (Å²) < 4.78 is 12.9. The molecule has 0 saturated heterocycles. The van der Waals surface area contributed by atoms with E-state index < -0.39 is 11.7 Å². The molecular weight excluding hydrogens is 267 g/mol.